The van der Waals surface area contributed by atoms with Crippen LogP contribution < -0.4 is 14.9 Å². The Morgan fingerprint density at radius 1 is 0.967 bits per heavy atom. The first kappa shape index (κ1) is 20.8. The molecular weight excluding hydrogens is 380 g/mol. The Morgan fingerprint density at radius 2 is 1.70 bits per heavy atom. The van der Waals surface area contributed by atoms with Crippen LogP contribution in [0.1, 0.15) is 38.8 Å². The number of amides is 1. The maximum atomic E-state index is 12.3. The third-order valence-corrected chi connectivity index (χ3v) is 4.25. The molecule has 0 spiro atoms. The van der Waals surface area contributed by atoms with Gasteiger partial charge in [0.1, 0.15) is 0 Å². The fraction of sp³-hybridized carbons (Fsp3) is 0.125. The average Bonchev–Trinajstić information content (AvgIpc) is 2.76. The van der Waals surface area contributed by atoms with Gasteiger partial charge in [-0.25, -0.2) is 10.2 Å². The van der Waals surface area contributed by atoms with E-state index in [4.69, 9.17) is 9.47 Å². The van der Waals surface area contributed by atoms with Crippen LogP contribution in [0.25, 0.3) is 0 Å². The van der Waals surface area contributed by atoms with Crippen molar-refractivity contribution in [3.8, 4) is 11.5 Å². The molecule has 6 heteroatoms. The van der Waals surface area contributed by atoms with Crippen LogP contribution in [-0.4, -0.2) is 24.7 Å². The molecule has 0 heterocycles. The molecule has 30 heavy (non-hydrogen) atoms. The summed E-state index contributed by atoms with van der Waals surface area (Å²) in [6.07, 6.45) is 1.50. The minimum absolute atomic E-state index is 0.289. The number of esters is 1. The number of hydrogen-bond donors (Lipinski definition) is 1. The molecule has 1 N–H and O–H groups in total. The van der Waals surface area contributed by atoms with Crippen LogP contribution >= 0.6 is 0 Å². The van der Waals surface area contributed by atoms with E-state index in [0.717, 1.165) is 5.56 Å². The number of ether oxygens (including phenoxy) is 2. The number of nitrogens with one attached hydrogen (secondary N) is 1. The topological polar surface area (TPSA) is 77.0 Å². The lowest BCUT2D eigenvalue weighted by atomic mass is 10.1. The van der Waals surface area contributed by atoms with Crippen LogP contribution in [0.3, 0.4) is 0 Å². The fourth-order valence-electron chi connectivity index (χ4n) is 2.74. The molecule has 0 aliphatic heterocycles. The van der Waals surface area contributed by atoms with Gasteiger partial charge in [0.05, 0.1) is 18.4 Å². The van der Waals surface area contributed by atoms with Crippen molar-refractivity contribution >= 4 is 18.1 Å². The second-order valence-electron chi connectivity index (χ2n) is 6.41. The molecule has 0 unspecified atom stereocenters. The van der Waals surface area contributed by atoms with Gasteiger partial charge < -0.3 is 9.47 Å². The minimum Gasteiger partial charge on any atom is -0.490 e. The molecule has 6 nitrogen and oxygen atoms in total. The monoisotopic (exact) mass is 402 g/mol. The van der Waals surface area contributed by atoms with Crippen LogP contribution in [0.4, 0.5) is 0 Å². The molecule has 0 aliphatic rings. The number of hydrazone groups is 1. The van der Waals surface area contributed by atoms with E-state index in [1.807, 2.05) is 32.0 Å². The van der Waals surface area contributed by atoms with E-state index < -0.39 is 5.97 Å². The molecule has 0 atom stereocenters. The van der Waals surface area contributed by atoms with Crippen molar-refractivity contribution < 1.29 is 19.1 Å². The van der Waals surface area contributed by atoms with E-state index >= 15 is 0 Å². The maximum Gasteiger partial charge on any atom is 0.343 e. The van der Waals surface area contributed by atoms with Gasteiger partial charge in [-0.3, -0.25) is 4.79 Å². The van der Waals surface area contributed by atoms with Crippen molar-refractivity contribution in [1.82, 2.24) is 5.43 Å². The zero-order chi connectivity index (χ0) is 21.3. The predicted octanol–water partition coefficient (Wildman–Crippen LogP) is 4.38. The minimum atomic E-state index is -0.469. The zero-order valence-electron chi connectivity index (χ0n) is 16.8. The summed E-state index contributed by atoms with van der Waals surface area (Å²) in [4.78, 5) is 24.5. The van der Waals surface area contributed by atoms with Crippen molar-refractivity contribution in [2.24, 2.45) is 5.10 Å². The normalized spacial score (nSPS) is 10.6. The molecule has 0 saturated heterocycles. The quantitative estimate of drug-likeness (QED) is 0.275. The second kappa shape index (κ2) is 10.0. The van der Waals surface area contributed by atoms with E-state index in [-0.39, 0.29) is 5.91 Å². The van der Waals surface area contributed by atoms with E-state index in [9.17, 15) is 9.59 Å². The molecule has 0 fully saturated rings. The van der Waals surface area contributed by atoms with Gasteiger partial charge in [-0.2, -0.15) is 5.10 Å². The second-order valence-corrected chi connectivity index (χ2v) is 6.41. The summed E-state index contributed by atoms with van der Waals surface area (Å²) in [5.41, 5.74) is 5.08. The summed E-state index contributed by atoms with van der Waals surface area (Å²) in [5, 5.41) is 4.01. The standard InChI is InChI=1S/C24H22N2O4/c1-3-29-22-15-18(16-25-26-23(27)20-12-8-7-9-17(20)2)13-14-21(22)30-24(28)19-10-5-4-6-11-19/h4-16H,3H2,1-2H3,(H,26,27)/b25-16+. The van der Waals surface area contributed by atoms with E-state index in [1.54, 1.807) is 54.6 Å². The molecule has 0 bridgehead atoms. The molecule has 1 amide bonds. The molecule has 152 valence electrons. The molecule has 0 saturated carbocycles. The van der Waals surface area contributed by atoms with Gasteiger partial charge in [-0.05, 0) is 61.4 Å². The largest absolute Gasteiger partial charge is 0.490 e. The summed E-state index contributed by atoms with van der Waals surface area (Å²) in [6.45, 7) is 4.11. The van der Waals surface area contributed by atoms with Gasteiger partial charge in [-0.15, -0.1) is 0 Å². The van der Waals surface area contributed by atoms with Gasteiger partial charge in [0.25, 0.3) is 5.91 Å². The molecular formula is C24H22N2O4. The van der Waals surface area contributed by atoms with Crippen LogP contribution in [0.2, 0.25) is 0 Å². The maximum absolute atomic E-state index is 12.3. The van der Waals surface area contributed by atoms with Gasteiger partial charge in [-0.1, -0.05) is 36.4 Å². The summed E-state index contributed by atoms with van der Waals surface area (Å²) in [7, 11) is 0. The summed E-state index contributed by atoms with van der Waals surface area (Å²) >= 11 is 0. The van der Waals surface area contributed by atoms with Crippen molar-refractivity contribution in [2.45, 2.75) is 13.8 Å². The van der Waals surface area contributed by atoms with Crippen molar-refractivity contribution in [3.05, 3.63) is 95.1 Å². The van der Waals surface area contributed by atoms with Crippen LogP contribution in [0, 0.1) is 6.92 Å². The third-order valence-electron chi connectivity index (χ3n) is 4.25. The van der Waals surface area contributed by atoms with Gasteiger partial charge in [0.15, 0.2) is 11.5 Å². The van der Waals surface area contributed by atoms with Crippen LogP contribution in [0.5, 0.6) is 11.5 Å². The number of carbonyl (C=O) groups is 2. The molecule has 3 aromatic carbocycles. The first-order chi connectivity index (χ1) is 14.6. The number of nitrogens with zero attached hydrogens (tertiary/aromatic N) is 1. The Hall–Kier alpha value is -3.93. The Kier molecular flexibility index (Phi) is 6.95. The highest BCUT2D eigenvalue weighted by atomic mass is 16.6. The Morgan fingerprint density at radius 3 is 2.43 bits per heavy atom. The van der Waals surface area contributed by atoms with Crippen molar-refractivity contribution in [1.29, 1.82) is 0 Å². The lowest BCUT2D eigenvalue weighted by Gasteiger charge is -2.11. The number of rotatable bonds is 7. The molecule has 0 aromatic heterocycles. The highest BCUT2D eigenvalue weighted by Gasteiger charge is 2.13. The number of aryl methyl sites for hydroxylation is 1. The SMILES string of the molecule is CCOc1cc(/C=N/NC(=O)c2ccccc2C)ccc1OC(=O)c1ccccc1. The first-order valence-corrected chi connectivity index (χ1v) is 9.51. The Bertz CT molecular complexity index is 1060. The average molecular weight is 402 g/mol. The highest BCUT2D eigenvalue weighted by Crippen LogP contribution is 2.29. The first-order valence-electron chi connectivity index (χ1n) is 9.51. The Balaban J connectivity index is 1.71. The Labute approximate surface area is 175 Å². The van der Waals surface area contributed by atoms with Gasteiger partial charge >= 0.3 is 5.97 Å². The zero-order valence-corrected chi connectivity index (χ0v) is 16.8. The van der Waals surface area contributed by atoms with E-state index in [1.165, 1.54) is 6.21 Å². The predicted molar refractivity (Wildman–Crippen MR) is 115 cm³/mol. The molecule has 3 rings (SSSR count). The number of benzene rings is 3. The van der Waals surface area contributed by atoms with E-state index in [0.29, 0.717) is 34.8 Å². The molecule has 3 aromatic rings. The van der Waals surface area contributed by atoms with Crippen LogP contribution in [0.15, 0.2) is 77.9 Å². The van der Waals surface area contributed by atoms with Crippen LogP contribution in [-0.2, 0) is 0 Å². The summed E-state index contributed by atoms with van der Waals surface area (Å²) in [6, 6.07) is 21.1. The summed E-state index contributed by atoms with van der Waals surface area (Å²) < 4.78 is 11.1. The number of carbonyl (C=O) groups excluding carboxylic acids is 2. The van der Waals surface area contributed by atoms with Gasteiger partial charge in [0, 0.05) is 5.56 Å². The smallest absolute Gasteiger partial charge is 0.343 e. The summed E-state index contributed by atoms with van der Waals surface area (Å²) in [5.74, 6) is -0.0333. The van der Waals surface area contributed by atoms with E-state index in [2.05, 4.69) is 10.5 Å². The number of hydrogen-bond acceptors (Lipinski definition) is 5. The lowest BCUT2D eigenvalue weighted by molar-refractivity contribution is 0.0728. The van der Waals surface area contributed by atoms with Crippen molar-refractivity contribution in [3.63, 3.8) is 0 Å². The lowest BCUT2D eigenvalue weighted by Crippen LogP contribution is -2.18. The van der Waals surface area contributed by atoms with Crippen molar-refractivity contribution in [2.75, 3.05) is 6.61 Å². The fourth-order valence-corrected chi connectivity index (χ4v) is 2.74. The third kappa shape index (κ3) is 5.32. The molecule has 0 aliphatic carbocycles. The highest BCUT2D eigenvalue weighted by molar-refractivity contribution is 5.96. The van der Waals surface area contributed by atoms with Gasteiger partial charge in [0.2, 0.25) is 0 Å². The molecule has 0 radical (unpaired) electrons.